The van der Waals surface area contributed by atoms with E-state index < -0.39 is 11.2 Å². The quantitative estimate of drug-likeness (QED) is 0.634. The molecule has 1 atom stereocenters. The summed E-state index contributed by atoms with van der Waals surface area (Å²) in [7, 11) is 0. The van der Waals surface area contributed by atoms with Gasteiger partial charge in [0.2, 0.25) is 5.91 Å². The molecule has 0 saturated heterocycles. The fourth-order valence-electron chi connectivity index (χ4n) is 3.21. The smallest absolute Gasteiger partial charge is 0.330 e. The number of nitrogens with one attached hydrogen (secondary N) is 2. The molecule has 8 heteroatoms. The molecule has 0 bridgehead atoms. The second-order valence-electron chi connectivity index (χ2n) is 8.57. The standard InChI is InChI=1S/C21H35N5O3/c1-7-8-11-25-19-18(20(28)24-21(25)29)26(12-13(2)3)16(23-19)9-10-17(27)22-15(6)14(4)5/h13-15H,7-12H2,1-6H3,(H,22,27)(H,24,28,29). The molecular formula is C21H35N5O3. The summed E-state index contributed by atoms with van der Waals surface area (Å²) in [6.07, 6.45) is 2.46. The highest BCUT2D eigenvalue weighted by Gasteiger charge is 2.20. The number of hydrogen-bond donors (Lipinski definition) is 2. The van der Waals surface area contributed by atoms with Gasteiger partial charge in [-0.1, -0.05) is 41.0 Å². The van der Waals surface area contributed by atoms with Crippen LogP contribution in [0, 0.1) is 11.8 Å². The number of H-pyrrole nitrogens is 1. The molecule has 2 aromatic heterocycles. The second-order valence-corrected chi connectivity index (χ2v) is 8.57. The molecule has 29 heavy (non-hydrogen) atoms. The van der Waals surface area contributed by atoms with Crippen LogP contribution in [0.15, 0.2) is 9.59 Å². The fraction of sp³-hybridized carbons (Fsp3) is 0.714. The molecular weight excluding hydrogens is 370 g/mol. The van der Waals surface area contributed by atoms with Crippen molar-refractivity contribution in [3.63, 3.8) is 0 Å². The van der Waals surface area contributed by atoms with Crippen LogP contribution in [0.25, 0.3) is 11.2 Å². The van der Waals surface area contributed by atoms with Crippen LogP contribution in [0.5, 0.6) is 0 Å². The van der Waals surface area contributed by atoms with Gasteiger partial charge < -0.3 is 9.88 Å². The first kappa shape index (κ1) is 22.9. The van der Waals surface area contributed by atoms with Gasteiger partial charge in [0.25, 0.3) is 5.56 Å². The van der Waals surface area contributed by atoms with E-state index >= 15 is 0 Å². The minimum absolute atomic E-state index is 0.0355. The normalized spacial score (nSPS) is 12.8. The average molecular weight is 406 g/mol. The molecule has 0 aliphatic rings. The molecule has 0 aliphatic carbocycles. The Labute approximate surface area is 171 Å². The molecule has 0 aromatic carbocycles. The lowest BCUT2D eigenvalue weighted by Crippen LogP contribution is -2.36. The number of carbonyl (C=O) groups is 1. The van der Waals surface area contributed by atoms with Gasteiger partial charge in [-0.15, -0.1) is 0 Å². The van der Waals surface area contributed by atoms with E-state index in [1.54, 1.807) is 4.57 Å². The zero-order valence-corrected chi connectivity index (χ0v) is 18.5. The van der Waals surface area contributed by atoms with Crippen molar-refractivity contribution in [2.45, 2.75) is 86.4 Å². The van der Waals surface area contributed by atoms with Crippen molar-refractivity contribution in [1.29, 1.82) is 0 Å². The monoisotopic (exact) mass is 405 g/mol. The largest absolute Gasteiger partial charge is 0.353 e. The molecule has 0 spiro atoms. The van der Waals surface area contributed by atoms with Crippen molar-refractivity contribution in [1.82, 2.24) is 24.4 Å². The van der Waals surface area contributed by atoms with Gasteiger partial charge in [-0.25, -0.2) is 9.78 Å². The van der Waals surface area contributed by atoms with Crippen LogP contribution >= 0.6 is 0 Å². The number of carbonyl (C=O) groups excluding carboxylic acids is 1. The van der Waals surface area contributed by atoms with Crippen LogP contribution in [-0.4, -0.2) is 31.1 Å². The number of nitrogens with zero attached hydrogens (tertiary/aromatic N) is 3. The first-order valence-electron chi connectivity index (χ1n) is 10.7. The summed E-state index contributed by atoms with van der Waals surface area (Å²) in [6, 6.07) is 0.0963. The van der Waals surface area contributed by atoms with E-state index in [0.29, 0.717) is 42.4 Å². The SMILES string of the molecule is CCCCn1c(=O)[nH]c(=O)c2c1nc(CCC(=O)NC(C)C(C)C)n2CC(C)C. The third-order valence-corrected chi connectivity index (χ3v) is 5.21. The molecule has 0 fully saturated rings. The lowest BCUT2D eigenvalue weighted by molar-refractivity contribution is -0.121. The summed E-state index contributed by atoms with van der Waals surface area (Å²) in [5.74, 6) is 1.28. The summed E-state index contributed by atoms with van der Waals surface area (Å²) in [5, 5.41) is 3.00. The zero-order chi connectivity index (χ0) is 21.7. The number of rotatable bonds is 10. The van der Waals surface area contributed by atoms with Crippen LogP contribution in [0.2, 0.25) is 0 Å². The highest BCUT2D eigenvalue weighted by atomic mass is 16.2. The van der Waals surface area contributed by atoms with Gasteiger partial charge in [0.1, 0.15) is 5.82 Å². The number of amides is 1. The highest BCUT2D eigenvalue weighted by Crippen LogP contribution is 2.16. The molecule has 8 nitrogen and oxygen atoms in total. The first-order valence-corrected chi connectivity index (χ1v) is 10.7. The Bertz CT molecular complexity index is 952. The molecule has 2 N–H and O–H groups in total. The van der Waals surface area contributed by atoms with Crippen LogP contribution in [0.3, 0.4) is 0 Å². The lowest BCUT2D eigenvalue weighted by Gasteiger charge is -2.17. The first-order chi connectivity index (χ1) is 13.6. The topological polar surface area (TPSA) is 102 Å². The molecule has 0 radical (unpaired) electrons. The van der Waals surface area contributed by atoms with Crippen LogP contribution < -0.4 is 16.6 Å². The number of aromatic amines is 1. The Hall–Kier alpha value is -2.38. The molecule has 1 unspecified atom stereocenters. The van der Waals surface area contributed by atoms with Crippen molar-refractivity contribution in [2.24, 2.45) is 11.8 Å². The molecule has 0 aliphatic heterocycles. The van der Waals surface area contributed by atoms with Crippen molar-refractivity contribution in [3.05, 3.63) is 26.7 Å². The Morgan fingerprint density at radius 1 is 1.14 bits per heavy atom. The van der Waals surface area contributed by atoms with E-state index in [9.17, 15) is 14.4 Å². The van der Waals surface area contributed by atoms with Crippen LogP contribution in [-0.2, 0) is 24.3 Å². The molecule has 0 saturated carbocycles. The van der Waals surface area contributed by atoms with E-state index in [0.717, 1.165) is 12.8 Å². The summed E-state index contributed by atoms with van der Waals surface area (Å²) in [4.78, 5) is 44.4. The van der Waals surface area contributed by atoms with Crippen LogP contribution in [0.1, 0.15) is 66.6 Å². The number of aryl methyl sites for hydroxylation is 2. The molecule has 2 aromatic rings. The third-order valence-electron chi connectivity index (χ3n) is 5.21. The minimum atomic E-state index is -0.430. The molecule has 2 rings (SSSR count). The average Bonchev–Trinajstić information content (AvgIpc) is 2.97. The van der Waals surface area contributed by atoms with E-state index in [-0.39, 0.29) is 24.3 Å². The maximum Gasteiger partial charge on any atom is 0.330 e. The van der Waals surface area contributed by atoms with Gasteiger partial charge in [0.15, 0.2) is 11.2 Å². The number of unbranched alkanes of at least 4 members (excludes halogenated alkanes) is 1. The zero-order valence-electron chi connectivity index (χ0n) is 18.5. The maximum atomic E-state index is 12.6. The molecule has 162 valence electrons. The van der Waals surface area contributed by atoms with Crippen molar-refractivity contribution in [3.8, 4) is 0 Å². The van der Waals surface area contributed by atoms with Gasteiger partial charge in [-0.3, -0.25) is 19.1 Å². The molecule has 1 amide bonds. The Balaban J connectivity index is 2.43. The van der Waals surface area contributed by atoms with E-state index in [2.05, 4.69) is 43.0 Å². The third kappa shape index (κ3) is 5.58. The van der Waals surface area contributed by atoms with E-state index in [1.807, 2.05) is 18.4 Å². The number of fused-ring (bicyclic) bond motifs is 1. The van der Waals surface area contributed by atoms with Gasteiger partial charge in [0.05, 0.1) is 0 Å². The van der Waals surface area contributed by atoms with Crippen molar-refractivity contribution in [2.75, 3.05) is 0 Å². The maximum absolute atomic E-state index is 12.6. The highest BCUT2D eigenvalue weighted by molar-refractivity contribution is 5.77. The Morgan fingerprint density at radius 2 is 1.83 bits per heavy atom. The van der Waals surface area contributed by atoms with Gasteiger partial charge in [-0.2, -0.15) is 0 Å². The second kappa shape index (κ2) is 9.89. The Kier molecular flexibility index (Phi) is 7.81. The summed E-state index contributed by atoms with van der Waals surface area (Å²) in [6.45, 7) is 13.4. The number of hydrogen-bond acceptors (Lipinski definition) is 4. The number of imidazole rings is 1. The summed E-state index contributed by atoms with van der Waals surface area (Å²) < 4.78 is 3.42. The number of aromatic nitrogens is 4. The van der Waals surface area contributed by atoms with Crippen molar-refractivity contribution >= 4 is 17.1 Å². The Morgan fingerprint density at radius 3 is 2.41 bits per heavy atom. The minimum Gasteiger partial charge on any atom is -0.353 e. The predicted octanol–water partition coefficient (Wildman–Crippen LogP) is 2.44. The van der Waals surface area contributed by atoms with Gasteiger partial charge in [0, 0.05) is 32.0 Å². The lowest BCUT2D eigenvalue weighted by atomic mass is 10.1. The van der Waals surface area contributed by atoms with Crippen molar-refractivity contribution < 1.29 is 4.79 Å². The van der Waals surface area contributed by atoms with E-state index in [4.69, 9.17) is 0 Å². The predicted molar refractivity (Wildman–Crippen MR) is 115 cm³/mol. The van der Waals surface area contributed by atoms with Crippen LogP contribution in [0.4, 0.5) is 0 Å². The summed E-state index contributed by atoms with van der Waals surface area (Å²) in [5.41, 5.74) is -0.0191. The van der Waals surface area contributed by atoms with Gasteiger partial charge in [-0.05, 0) is 25.2 Å². The molecule has 2 heterocycles. The van der Waals surface area contributed by atoms with E-state index in [1.165, 1.54) is 0 Å². The summed E-state index contributed by atoms with van der Waals surface area (Å²) >= 11 is 0. The fourth-order valence-corrected chi connectivity index (χ4v) is 3.21. The van der Waals surface area contributed by atoms with Gasteiger partial charge >= 0.3 is 5.69 Å².